The molecule has 0 saturated carbocycles. The molecule has 0 radical (unpaired) electrons. The summed E-state index contributed by atoms with van der Waals surface area (Å²) >= 11 is 0. The van der Waals surface area contributed by atoms with Gasteiger partial charge >= 0.3 is 13.5 Å². The highest BCUT2D eigenvalue weighted by Gasteiger charge is 2.23. The van der Waals surface area contributed by atoms with Crippen molar-refractivity contribution in [3.05, 3.63) is 22.7 Å². The van der Waals surface area contributed by atoms with Crippen molar-refractivity contribution in [3.8, 4) is 0 Å². The van der Waals surface area contributed by atoms with Gasteiger partial charge in [0.2, 0.25) is 0 Å². The second kappa shape index (κ2) is 8.34. The molecule has 126 valence electrons. The number of phosphoric ester groups is 1. The molecule has 0 fully saturated rings. The Bertz CT molecular complexity index is 574. The summed E-state index contributed by atoms with van der Waals surface area (Å²) in [6.45, 7) is -1.15. The Morgan fingerprint density at radius 3 is 2.64 bits per heavy atom. The first-order valence-corrected chi connectivity index (χ1v) is 7.60. The normalized spacial score (nSPS) is 14.7. The second-order valence-corrected chi connectivity index (χ2v) is 5.42. The fourth-order valence-corrected chi connectivity index (χ4v) is 1.92. The predicted octanol–water partition coefficient (Wildman–Crippen LogP) is -1.54. The third-order valence-electron chi connectivity index (χ3n) is 2.45. The third-order valence-corrected chi connectivity index (χ3v) is 2.93. The molecule has 22 heavy (non-hydrogen) atoms. The van der Waals surface area contributed by atoms with Crippen LogP contribution in [-0.2, 0) is 18.6 Å². The van der Waals surface area contributed by atoms with Crippen molar-refractivity contribution < 1.29 is 33.5 Å². The van der Waals surface area contributed by atoms with Gasteiger partial charge < -0.3 is 30.1 Å². The zero-order valence-corrected chi connectivity index (χ0v) is 12.6. The number of phosphoric acid groups is 1. The predicted molar refractivity (Wildman–Crippen MR) is 73.8 cm³/mol. The van der Waals surface area contributed by atoms with Gasteiger partial charge in [0.25, 0.3) is 0 Å². The Hall–Kier alpha value is -1.33. The molecule has 0 aliphatic heterocycles. The first-order chi connectivity index (χ1) is 10.3. The van der Waals surface area contributed by atoms with Crippen LogP contribution < -0.4 is 11.4 Å². The van der Waals surface area contributed by atoms with E-state index in [1.807, 2.05) is 0 Å². The Kier molecular flexibility index (Phi) is 7.10. The molecule has 1 rings (SSSR count). The molecule has 1 aromatic rings. The molecule has 11 nitrogen and oxygen atoms in total. The Morgan fingerprint density at radius 2 is 2.14 bits per heavy atom. The maximum absolute atomic E-state index is 11.7. The average molecular weight is 339 g/mol. The first kappa shape index (κ1) is 18.7. The number of aliphatic hydroxyl groups is 1. The van der Waals surface area contributed by atoms with Gasteiger partial charge in [0.1, 0.15) is 11.9 Å². The molecule has 0 aliphatic carbocycles. The molecule has 0 spiro atoms. The van der Waals surface area contributed by atoms with Crippen LogP contribution in [0.15, 0.2) is 17.1 Å². The van der Waals surface area contributed by atoms with Crippen LogP contribution in [0, 0.1) is 0 Å². The van der Waals surface area contributed by atoms with Gasteiger partial charge in [-0.1, -0.05) is 0 Å². The molecule has 0 aromatic carbocycles. The lowest BCUT2D eigenvalue weighted by atomic mass is 10.4. The lowest BCUT2D eigenvalue weighted by Crippen LogP contribution is -2.35. The number of aromatic nitrogens is 2. The van der Waals surface area contributed by atoms with Gasteiger partial charge in [0, 0.05) is 13.3 Å². The minimum atomic E-state index is -4.68. The van der Waals surface area contributed by atoms with E-state index in [4.69, 9.17) is 25.0 Å². The smallest absolute Gasteiger partial charge is 0.392 e. The molecule has 0 bridgehead atoms. The van der Waals surface area contributed by atoms with Crippen molar-refractivity contribution in [1.82, 2.24) is 9.55 Å². The topological polar surface area (TPSA) is 166 Å². The molecule has 0 aliphatic rings. The van der Waals surface area contributed by atoms with Crippen molar-refractivity contribution in [2.45, 2.75) is 12.3 Å². The lowest BCUT2D eigenvalue weighted by molar-refractivity contribution is -0.117. The zero-order valence-electron chi connectivity index (χ0n) is 11.7. The van der Waals surface area contributed by atoms with Crippen LogP contribution >= 0.6 is 7.82 Å². The van der Waals surface area contributed by atoms with Crippen LogP contribution in [0.1, 0.15) is 6.23 Å². The molecule has 12 heteroatoms. The van der Waals surface area contributed by atoms with E-state index in [-0.39, 0.29) is 12.4 Å². The van der Waals surface area contributed by atoms with Crippen LogP contribution in [0.25, 0.3) is 0 Å². The first-order valence-electron chi connectivity index (χ1n) is 6.07. The van der Waals surface area contributed by atoms with Gasteiger partial charge in [-0.2, -0.15) is 4.98 Å². The van der Waals surface area contributed by atoms with Gasteiger partial charge in [-0.05, 0) is 6.07 Å². The standard InChI is InChI=1S/C10H18N3O8P/c1-19-5-7(6-20-22(16,17)18)21-9(4-14)13-3-2-8(11)12-10(13)15/h2-3,7,9,14H,4-6H2,1H3,(H2,11,12,15)(H2,16,17,18)/t7?,9-/m1/s1. The highest BCUT2D eigenvalue weighted by atomic mass is 31.2. The molecule has 0 amide bonds. The number of aliphatic hydroxyl groups excluding tert-OH is 1. The van der Waals surface area contributed by atoms with Crippen LogP contribution in [0.2, 0.25) is 0 Å². The van der Waals surface area contributed by atoms with Crippen molar-refractivity contribution in [1.29, 1.82) is 0 Å². The quantitative estimate of drug-likeness (QED) is 0.387. The van der Waals surface area contributed by atoms with Crippen LogP contribution in [0.3, 0.4) is 0 Å². The number of nitrogens with zero attached hydrogens (tertiary/aromatic N) is 2. The Balaban J connectivity index is 2.83. The number of nitrogen functional groups attached to an aromatic ring is 1. The third kappa shape index (κ3) is 6.20. The summed E-state index contributed by atoms with van der Waals surface area (Å²) < 4.78 is 26.2. The highest BCUT2D eigenvalue weighted by molar-refractivity contribution is 7.46. The summed E-state index contributed by atoms with van der Waals surface area (Å²) in [6.07, 6.45) is -0.792. The van der Waals surface area contributed by atoms with E-state index in [1.54, 1.807) is 0 Å². The number of ether oxygens (including phenoxy) is 2. The van der Waals surface area contributed by atoms with Gasteiger partial charge in [-0.3, -0.25) is 9.09 Å². The summed E-state index contributed by atoms with van der Waals surface area (Å²) in [5.41, 5.74) is 4.61. The van der Waals surface area contributed by atoms with E-state index in [0.29, 0.717) is 0 Å². The van der Waals surface area contributed by atoms with Gasteiger partial charge in [0.05, 0.1) is 19.8 Å². The zero-order chi connectivity index (χ0) is 16.8. The van der Waals surface area contributed by atoms with Crippen LogP contribution in [0.4, 0.5) is 5.82 Å². The van der Waals surface area contributed by atoms with E-state index < -0.39 is 39.1 Å². The van der Waals surface area contributed by atoms with Gasteiger partial charge in [0.15, 0.2) is 6.23 Å². The number of hydrogen-bond acceptors (Lipinski definition) is 8. The van der Waals surface area contributed by atoms with Gasteiger partial charge in [-0.25, -0.2) is 9.36 Å². The fourth-order valence-electron chi connectivity index (χ4n) is 1.56. The summed E-state index contributed by atoms with van der Waals surface area (Å²) in [5, 5.41) is 9.34. The number of methoxy groups -OCH3 is 1. The second-order valence-electron chi connectivity index (χ2n) is 4.18. The molecule has 5 N–H and O–H groups in total. The summed E-state index contributed by atoms with van der Waals surface area (Å²) in [5.74, 6) is 0.0104. The minimum Gasteiger partial charge on any atom is -0.392 e. The molecule has 1 heterocycles. The summed E-state index contributed by atoms with van der Waals surface area (Å²) in [7, 11) is -3.33. The van der Waals surface area contributed by atoms with E-state index in [1.165, 1.54) is 19.4 Å². The maximum atomic E-state index is 11.7. The summed E-state index contributed by atoms with van der Waals surface area (Å²) in [4.78, 5) is 32.5. The molecule has 1 aromatic heterocycles. The lowest BCUT2D eigenvalue weighted by Gasteiger charge is -2.24. The van der Waals surface area contributed by atoms with Crippen LogP contribution in [0.5, 0.6) is 0 Å². The fraction of sp³-hybridized carbons (Fsp3) is 0.600. The molecule has 2 atom stereocenters. The van der Waals surface area contributed by atoms with E-state index in [9.17, 15) is 14.5 Å². The van der Waals surface area contributed by atoms with Gasteiger partial charge in [-0.15, -0.1) is 0 Å². The Morgan fingerprint density at radius 1 is 1.45 bits per heavy atom. The number of rotatable bonds is 9. The highest BCUT2D eigenvalue weighted by Crippen LogP contribution is 2.36. The molecular formula is C10H18N3O8P. The number of nitrogens with two attached hydrogens (primary N) is 1. The average Bonchev–Trinajstić information content (AvgIpc) is 2.42. The monoisotopic (exact) mass is 339 g/mol. The largest absolute Gasteiger partial charge is 0.469 e. The van der Waals surface area contributed by atoms with Crippen molar-refractivity contribution in [3.63, 3.8) is 0 Å². The SMILES string of the molecule is COCC(COP(=O)(O)O)O[C@H](CO)n1ccc(N)nc1=O. The van der Waals surface area contributed by atoms with Crippen molar-refractivity contribution in [2.24, 2.45) is 0 Å². The van der Waals surface area contributed by atoms with Crippen molar-refractivity contribution >= 4 is 13.6 Å². The van der Waals surface area contributed by atoms with E-state index in [2.05, 4.69) is 9.51 Å². The minimum absolute atomic E-state index is 0.0104. The maximum Gasteiger partial charge on any atom is 0.469 e. The molecule has 0 saturated heterocycles. The summed E-state index contributed by atoms with van der Waals surface area (Å²) in [6, 6.07) is 1.34. The number of anilines is 1. The molecular weight excluding hydrogens is 321 g/mol. The Labute approximate surface area is 125 Å². The van der Waals surface area contributed by atoms with E-state index in [0.717, 1.165) is 4.57 Å². The van der Waals surface area contributed by atoms with Crippen molar-refractivity contribution in [2.75, 3.05) is 32.7 Å². The van der Waals surface area contributed by atoms with Crippen LogP contribution in [-0.4, -0.2) is 57.5 Å². The molecule has 1 unspecified atom stereocenters. The number of hydrogen-bond donors (Lipinski definition) is 4. The van der Waals surface area contributed by atoms with E-state index >= 15 is 0 Å².